The molecule has 0 bridgehead atoms. The van der Waals surface area contributed by atoms with E-state index in [1.54, 1.807) is 6.20 Å². The summed E-state index contributed by atoms with van der Waals surface area (Å²) in [5.41, 5.74) is 1.33. The maximum atomic E-state index is 5.36. The second-order valence-corrected chi connectivity index (χ2v) is 3.25. The molecule has 1 aromatic carbocycles. The fourth-order valence-corrected chi connectivity index (χ4v) is 1.36. The molecule has 2 rings (SSSR count). The first-order valence-corrected chi connectivity index (χ1v) is 4.98. The number of rotatable bonds is 5. The molecule has 1 aromatic heterocycles. The van der Waals surface area contributed by atoms with E-state index in [1.165, 1.54) is 5.56 Å². The van der Waals surface area contributed by atoms with E-state index in [1.807, 2.05) is 18.2 Å². The maximum absolute atomic E-state index is 5.36. The van der Waals surface area contributed by atoms with Gasteiger partial charge in [-0.2, -0.15) is 0 Å². The standard InChI is InChI=1S/C11H13N3O.Na.H/c1-2-5-10(6-3-1)7-4-8-15-11-9-12-14-13-11;;/h1-3,5-6,9H,4,7-8H2,(H,12,13,14);;. The Labute approximate surface area is 117 Å². The third-order valence-corrected chi connectivity index (χ3v) is 2.10. The molecule has 80 valence electrons. The fraction of sp³-hybridized carbons (Fsp3) is 0.273. The van der Waals surface area contributed by atoms with E-state index in [0.717, 1.165) is 12.8 Å². The third-order valence-electron chi connectivity index (χ3n) is 2.10. The van der Waals surface area contributed by atoms with Gasteiger partial charge in [0.1, 0.15) is 0 Å². The number of nitrogens with zero attached hydrogens (tertiary/aromatic N) is 2. The van der Waals surface area contributed by atoms with Crippen LogP contribution in [0.5, 0.6) is 5.88 Å². The monoisotopic (exact) mass is 227 g/mol. The van der Waals surface area contributed by atoms with Crippen molar-refractivity contribution >= 4 is 29.6 Å². The molecular formula is C11H14N3NaO. The molecule has 0 saturated carbocycles. The average Bonchev–Trinajstić information content (AvgIpc) is 2.79. The van der Waals surface area contributed by atoms with Crippen molar-refractivity contribution in [3.8, 4) is 5.88 Å². The van der Waals surface area contributed by atoms with E-state index < -0.39 is 0 Å². The van der Waals surface area contributed by atoms with Gasteiger partial charge in [-0.1, -0.05) is 40.6 Å². The van der Waals surface area contributed by atoms with E-state index in [2.05, 4.69) is 27.5 Å². The minimum absolute atomic E-state index is 0. The molecule has 0 unspecified atom stereocenters. The van der Waals surface area contributed by atoms with Crippen LogP contribution in [0.25, 0.3) is 0 Å². The van der Waals surface area contributed by atoms with Gasteiger partial charge in [0.25, 0.3) is 5.88 Å². The summed E-state index contributed by atoms with van der Waals surface area (Å²) in [5.74, 6) is 0.558. The van der Waals surface area contributed by atoms with Crippen molar-refractivity contribution in [3.05, 3.63) is 42.1 Å². The molecule has 0 amide bonds. The SMILES string of the molecule is [NaH].c1ccc(CCCOc2c[nH]nn2)cc1. The molecule has 1 N–H and O–H groups in total. The summed E-state index contributed by atoms with van der Waals surface area (Å²) in [6, 6.07) is 10.4. The van der Waals surface area contributed by atoms with Crippen molar-refractivity contribution < 1.29 is 4.74 Å². The van der Waals surface area contributed by atoms with E-state index >= 15 is 0 Å². The zero-order chi connectivity index (χ0) is 10.3. The van der Waals surface area contributed by atoms with Gasteiger partial charge in [0.2, 0.25) is 0 Å². The van der Waals surface area contributed by atoms with E-state index in [-0.39, 0.29) is 29.6 Å². The number of aromatic amines is 1. The molecule has 1 heterocycles. The topological polar surface area (TPSA) is 50.8 Å². The normalized spacial score (nSPS) is 9.50. The van der Waals surface area contributed by atoms with Crippen molar-refractivity contribution in [2.24, 2.45) is 0 Å². The maximum Gasteiger partial charge on any atom is 0.253 e. The van der Waals surface area contributed by atoms with Crippen molar-refractivity contribution in [2.75, 3.05) is 6.61 Å². The van der Waals surface area contributed by atoms with Gasteiger partial charge in [0.15, 0.2) is 0 Å². The minimum Gasteiger partial charge on any atom is -0.475 e. The molecule has 0 fully saturated rings. The first kappa shape index (κ1) is 13.2. The Morgan fingerprint density at radius 1 is 1.19 bits per heavy atom. The van der Waals surface area contributed by atoms with Gasteiger partial charge in [0, 0.05) is 0 Å². The smallest absolute Gasteiger partial charge is 0.253 e. The molecular weight excluding hydrogens is 213 g/mol. The average molecular weight is 227 g/mol. The Hall–Kier alpha value is -0.840. The molecule has 2 aromatic rings. The summed E-state index contributed by atoms with van der Waals surface area (Å²) in [7, 11) is 0. The first-order valence-electron chi connectivity index (χ1n) is 4.98. The molecule has 0 aliphatic rings. The Morgan fingerprint density at radius 3 is 2.69 bits per heavy atom. The van der Waals surface area contributed by atoms with E-state index in [0.29, 0.717) is 12.5 Å². The number of nitrogens with one attached hydrogen (secondary N) is 1. The van der Waals surface area contributed by atoms with Crippen LogP contribution in [0, 0.1) is 0 Å². The molecule has 0 radical (unpaired) electrons. The molecule has 0 saturated heterocycles. The van der Waals surface area contributed by atoms with E-state index in [9.17, 15) is 0 Å². The number of benzene rings is 1. The van der Waals surface area contributed by atoms with Crippen molar-refractivity contribution in [2.45, 2.75) is 12.8 Å². The first-order chi connectivity index (χ1) is 7.45. The number of hydrogen-bond acceptors (Lipinski definition) is 3. The van der Waals surface area contributed by atoms with Gasteiger partial charge in [-0.05, 0) is 18.4 Å². The predicted octanol–water partition coefficient (Wildman–Crippen LogP) is 1.17. The summed E-state index contributed by atoms with van der Waals surface area (Å²) < 4.78 is 5.36. The van der Waals surface area contributed by atoms with E-state index in [4.69, 9.17) is 4.74 Å². The summed E-state index contributed by atoms with van der Waals surface area (Å²) in [5, 5.41) is 9.89. The fourth-order valence-electron chi connectivity index (χ4n) is 1.36. The summed E-state index contributed by atoms with van der Waals surface area (Å²) in [6.45, 7) is 0.668. The molecule has 0 aliphatic heterocycles. The molecule has 16 heavy (non-hydrogen) atoms. The van der Waals surface area contributed by atoms with Crippen LogP contribution in [0.4, 0.5) is 0 Å². The predicted molar refractivity (Wildman–Crippen MR) is 63.8 cm³/mol. The largest absolute Gasteiger partial charge is 0.475 e. The number of aryl methyl sites for hydroxylation is 1. The van der Waals surface area contributed by atoms with Gasteiger partial charge in [0.05, 0.1) is 12.8 Å². The third kappa shape index (κ3) is 4.35. The Kier molecular flexibility index (Phi) is 6.15. The van der Waals surface area contributed by atoms with Crippen LogP contribution in [0.15, 0.2) is 36.5 Å². The number of ether oxygens (including phenoxy) is 1. The molecule has 4 nitrogen and oxygen atoms in total. The summed E-state index contributed by atoms with van der Waals surface area (Å²) in [6.07, 6.45) is 3.65. The Bertz CT molecular complexity index is 377. The minimum atomic E-state index is 0. The molecule has 0 aliphatic carbocycles. The van der Waals surface area contributed by atoms with Gasteiger partial charge < -0.3 is 4.74 Å². The van der Waals surface area contributed by atoms with Crippen LogP contribution in [0.3, 0.4) is 0 Å². The number of aromatic nitrogens is 3. The quantitative estimate of drug-likeness (QED) is 0.616. The van der Waals surface area contributed by atoms with Gasteiger partial charge in [-0.25, -0.2) is 0 Å². The summed E-state index contributed by atoms with van der Waals surface area (Å²) in [4.78, 5) is 0. The van der Waals surface area contributed by atoms with Gasteiger partial charge in [-0.15, -0.1) is 0 Å². The van der Waals surface area contributed by atoms with Crippen LogP contribution in [0.1, 0.15) is 12.0 Å². The number of hydrogen-bond donors (Lipinski definition) is 1. The van der Waals surface area contributed by atoms with Crippen LogP contribution in [0.2, 0.25) is 0 Å². The van der Waals surface area contributed by atoms with Crippen LogP contribution in [-0.2, 0) is 6.42 Å². The van der Waals surface area contributed by atoms with Gasteiger partial charge in [-0.3, -0.25) is 5.10 Å². The zero-order valence-electron chi connectivity index (χ0n) is 8.39. The molecule has 0 atom stereocenters. The van der Waals surface area contributed by atoms with Crippen LogP contribution < -0.4 is 4.74 Å². The Balaban J connectivity index is 0.00000128. The van der Waals surface area contributed by atoms with Crippen molar-refractivity contribution in [1.29, 1.82) is 0 Å². The molecule has 0 spiro atoms. The Morgan fingerprint density at radius 2 is 2.00 bits per heavy atom. The number of H-pyrrole nitrogens is 1. The van der Waals surface area contributed by atoms with Crippen LogP contribution in [-0.4, -0.2) is 51.6 Å². The summed E-state index contributed by atoms with van der Waals surface area (Å²) >= 11 is 0. The van der Waals surface area contributed by atoms with Crippen LogP contribution >= 0.6 is 0 Å². The van der Waals surface area contributed by atoms with Crippen molar-refractivity contribution in [3.63, 3.8) is 0 Å². The second kappa shape index (κ2) is 7.44. The zero-order valence-corrected chi connectivity index (χ0v) is 8.39. The second-order valence-electron chi connectivity index (χ2n) is 3.25. The molecule has 5 heteroatoms. The van der Waals surface area contributed by atoms with Gasteiger partial charge >= 0.3 is 29.6 Å². The van der Waals surface area contributed by atoms with Crippen molar-refractivity contribution in [1.82, 2.24) is 15.4 Å².